The van der Waals surface area contributed by atoms with Crippen LogP contribution in [0.2, 0.25) is 0 Å². The summed E-state index contributed by atoms with van der Waals surface area (Å²) in [4.78, 5) is 6.78. The van der Waals surface area contributed by atoms with Crippen LogP contribution >= 0.6 is 0 Å². The molecule has 0 aromatic carbocycles. The Kier molecular flexibility index (Phi) is 10.6. The molecule has 5 heteroatoms. The molecular weight excluding hydrogens is 264 g/mol. The topological polar surface area (TPSA) is 62.9 Å². The number of rotatable bonds is 11. The van der Waals surface area contributed by atoms with E-state index in [-0.39, 0.29) is 6.04 Å². The van der Waals surface area contributed by atoms with Crippen molar-refractivity contribution in [2.75, 3.05) is 33.4 Å². The molecule has 0 saturated carbocycles. The zero-order chi connectivity index (χ0) is 16.3. The average Bonchev–Trinajstić information content (AvgIpc) is 2.39. The van der Waals surface area contributed by atoms with Crippen molar-refractivity contribution in [3.63, 3.8) is 0 Å². The Morgan fingerprint density at radius 2 is 1.86 bits per heavy atom. The van der Waals surface area contributed by atoms with Crippen LogP contribution in [0.4, 0.5) is 0 Å². The molecule has 0 heterocycles. The second-order valence-corrected chi connectivity index (χ2v) is 5.57. The Hall–Kier alpha value is -1.33. The van der Waals surface area contributed by atoms with E-state index in [0.717, 1.165) is 13.1 Å². The Labute approximate surface area is 129 Å². The minimum atomic E-state index is 0.147. The highest BCUT2D eigenvalue weighted by Crippen LogP contribution is 2.11. The summed E-state index contributed by atoms with van der Waals surface area (Å²) in [6, 6.07) is 0.452. The standard InChI is InChI=1S/C16H32N4O/c1-7-9-20(10-8-2)15(13(3)4)11-18-16(17)19-14(5)12-21-6/h7-8,13-15H,1-2,9-12H2,3-6H3,(H3,17,18,19). The van der Waals surface area contributed by atoms with E-state index in [4.69, 9.17) is 10.5 Å². The van der Waals surface area contributed by atoms with Crippen molar-refractivity contribution in [3.05, 3.63) is 25.3 Å². The zero-order valence-electron chi connectivity index (χ0n) is 14.0. The van der Waals surface area contributed by atoms with Gasteiger partial charge in [0.05, 0.1) is 13.2 Å². The quantitative estimate of drug-likeness (QED) is 0.345. The molecule has 5 nitrogen and oxygen atoms in total. The first kappa shape index (κ1) is 19.7. The minimum Gasteiger partial charge on any atom is -0.383 e. The van der Waals surface area contributed by atoms with Crippen LogP contribution in [-0.2, 0) is 4.74 Å². The van der Waals surface area contributed by atoms with E-state index in [2.05, 4.69) is 42.2 Å². The molecule has 0 aliphatic rings. The average molecular weight is 296 g/mol. The molecule has 0 aromatic rings. The van der Waals surface area contributed by atoms with Gasteiger partial charge < -0.3 is 15.8 Å². The normalized spacial score (nSPS) is 15.0. The molecule has 0 bridgehead atoms. The molecular formula is C16H32N4O. The van der Waals surface area contributed by atoms with Crippen LogP contribution in [0.3, 0.4) is 0 Å². The summed E-state index contributed by atoms with van der Waals surface area (Å²) in [6.07, 6.45) is 3.82. The number of nitrogens with two attached hydrogens (primary N) is 1. The highest BCUT2D eigenvalue weighted by molar-refractivity contribution is 5.78. The fourth-order valence-electron chi connectivity index (χ4n) is 2.21. The van der Waals surface area contributed by atoms with E-state index in [1.54, 1.807) is 7.11 Å². The van der Waals surface area contributed by atoms with Crippen LogP contribution in [0.25, 0.3) is 0 Å². The predicted molar refractivity (Wildman–Crippen MR) is 91.6 cm³/mol. The molecule has 0 amide bonds. The van der Waals surface area contributed by atoms with Gasteiger partial charge in [-0.2, -0.15) is 0 Å². The van der Waals surface area contributed by atoms with Crippen molar-refractivity contribution >= 4 is 5.96 Å². The smallest absolute Gasteiger partial charge is 0.188 e. The summed E-state index contributed by atoms with van der Waals surface area (Å²) >= 11 is 0. The molecule has 122 valence electrons. The van der Waals surface area contributed by atoms with Gasteiger partial charge in [-0.3, -0.25) is 9.89 Å². The number of hydrogen-bond acceptors (Lipinski definition) is 3. The van der Waals surface area contributed by atoms with E-state index in [0.29, 0.717) is 31.1 Å². The van der Waals surface area contributed by atoms with E-state index < -0.39 is 0 Å². The first-order chi connectivity index (χ1) is 9.96. The highest BCUT2D eigenvalue weighted by atomic mass is 16.5. The zero-order valence-corrected chi connectivity index (χ0v) is 14.0. The van der Waals surface area contributed by atoms with Crippen molar-refractivity contribution in [1.82, 2.24) is 10.2 Å². The SMILES string of the molecule is C=CCN(CC=C)C(CN=C(N)NC(C)COC)C(C)C. The van der Waals surface area contributed by atoms with Crippen molar-refractivity contribution in [1.29, 1.82) is 0 Å². The molecule has 0 saturated heterocycles. The highest BCUT2D eigenvalue weighted by Gasteiger charge is 2.19. The third kappa shape index (κ3) is 8.52. The maximum Gasteiger partial charge on any atom is 0.188 e. The van der Waals surface area contributed by atoms with Crippen LogP contribution in [0.5, 0.6) is 0 Å². The molecule has 0 fully saturated rings. The number of nitrogens with one attached hydrogen (secondary N) is 1. The Morgan fingerprint density at radius 3 is 2.29 bits per heavy atom. The molecule has 0 rings (SSSR count). The number of aliphatic imine (C=N–C) groups is 1. The van der Waals surface area contributed by atoms with E-state index in [1.807, 2.05) is 19.1 Å². The van der Waals surface area contributed by atoms with Gasteiger partial charge in [0.2, 0.25) is 0 Å². The van der Waals surface area contributed by atoms with Gasteiger partial charge in [-0.05, 0) is 12.8 Å². The molecule has 0 aromatic heterocycles. The van der Waals surface area contributed by atoms with Crippen LogP contribution in [0.1, 0.15) is 20.8 Å². The van der Waals surface area contributed by atoms with E-state index in [1.165, 1.54) is 0 Å². The number of methoxy groups -OCH3 is 1. The van der Waals surface area contributed by atoms with Crippen LogP contribution in [0, 0.1) is 5.92 Å². The maximum atomic E-state index is 5.93. The third-order valence-electron chi connectivity index (χ3n) is 3.23. The van der Waals surface area contributed by atoms with Crippen LogP contribution in [-0.4, -0.2) is 56.3 Å². The van der Waals surface area contributed by atoms with Gasteiger partial charge in [0.15, 0.2) is 5.96 Å². The van der Waals surface area contributed by atoms with Crippen LogP contribution < -0.4 is 11.1 Å². The lowest BCUT2D eigenvalue weighted by atomic mass is 10.0. The van der Waals surface area contributed by atoms with Crippen molar-refractivity contribution in [2.24, 2.45) is 16.6 Å². The Morgan fingerprint density at radius 1 is 1.29 bits per heavy atom. The second-order valence-electron chi connectivity index (χ2n) is 5.57. The lowest BCUT2D eigenvalue weighted by Crippen LogP contribution is -2.44. The van der Waals surface area contributed by atoms with Crippen molar-refractivity contribution in [2.45, 2.75) is 32.9 Å². The summed E-state index contributed by atoms with van der Waals surface area (Å²) in [5.74, 6) is 0.931. The van der Waals surface area contributed by atoms with Gasteiger partial charge in [0.1, 0.15) is 0 Å². The number of guanidine groups is 1. The number of hydrogen-bond donors (Lipinski definition) is 2. The number of ether oxygens (including phenoxy) is 1. The molecule has 3 N–H and O–H groups in total. The summed E-state index contributed by atoms with van der Waals surface area (Å²) in [6.45, 7) is 16.9. The number of nitrogens with zero attached hydrogens (tertiary/aromatic N) is 2. The van der Waals surface area contributed by atoms with Gasteiger partial charge in [-0.15, -0.1) is 13.2 Å². The van der Waals surface area contributed by atoms with Crippen LogP contribution in [0.15, 0.2) is 30.3 Å². The largest absolute Gasteiger partial charge is 0.383 e. The Bertz CT molecular complexity index is 318. The molecule has 2 unspecified atom stereocenters. The lowest BCUT2D eigenvalue weighted by molar-refractivity contribution is 0.179. The minimum absolute atomic E-state index is 0.147. The summed E-state index contributed by atoms with van der Waals surface area (Å²) < 4.78 is 5.07. The molecule has 0 aliphatic heterocycles. The van der Waals surface area contributed by atoms with Gasteiger partial charge >= 0.3 is 0 Å². The first-order valence-electron chi connectivity index (χ1n) is 7.47. The predicted octanol–water partition coefficient (Wildman–Crippen LogP) is 1.62. The monoisotopic (exact) mass is 296 g/mol. The molecule has 2 atom stereocenters. The fourth-order valence-corrected chi connectivity index (χ4v) is 2.21. The summed E-state index contributed by atoms with van der Waals surface area (Å²) in [5.41, 5.74) is 5.93. The van der Waals surface area contributed by atoms with Gasteiger partial charge in [0.25, 0.3) is 0 Å². The maximum absolute atomic E-state index is 5.93. The molecule has 0 aliphatic carbocycles. The van der Waals surface area contributed by atoms with Crippen molar-refractivity contribution in [3.8, 4) is 0 Å². The summed E-state index contributed by atoms with van der Waals surface area (Å²) in [5, 5.41) is 3.12. The molecule has 0 spiro atoms. The Balaban J connectivity index is 4.67. The van der Waals surface area contributed by atoms with Gasteiger partial charge in [0, 0.05) is 32.3 Å². The van der Waals surface area contributed by atoms with Crippen molar-refractivity contribution < 1.29 is 4.74 Å². The van der Waals surface area contributed by atoms with E-state index >= 15 is 0 Å². The second kappa shape index (κ2) is 11.3. The molecule has 21 heavy (non-hydrogen) atoms. The molecule has 0 radical (unpaired) electrons. The fraction of sp³-hybridized carbons (Fsp3) is 0.688. The van der Waals surface area contributed by atoms with E-state index in [9.17, 15) is 0 Å². The summed E-state index contributed by atoms with van der Waals surface area (Å²) in [7, 11) is 1.67. The van der Waals surface area contributed by atoms with Gasteiger partial charge in [-0.1, -0.05) is 26.0 Å². The third-order valence-corrected chi connectivity index (χ3v) is 3.23. The first-order valence-corrected chi connectivity index (χ1v) is 7.47. The lowest BCUT2D eigenvalue weighted by Gasteiger charge is -2.32. The van der Waals surface area contributed by atoms with Gasteiger partial charge in [-0.25, -0.2) is 0 Å².